The summed E-state index contributed by atoms with van der Waals surface area (Å²) in [5.41, 5.74) is 1.98. The number of hydrogen-bond acceptors (Lipinski definition) is 6. The summed E-state index contributed by atoms with van der Waals surface area (Å²) in [4.78, 5) is 30.1. The van der Waals surface area contributed by atoms with Crippen molar-refractivity contribution in [2.75, 3.05) is 5.32 Å². The van der Waals surface area contributed by atoms with E-state index >= 15 is 0 Å². The summed E-state index contributed by atoms with van der Waals surface area (Å²) in [5, 5.41) is 6.37. The van der Waals surface area contributed by atoms with E-state index in [9.17, 15) is 4.79 Å². The van der Waals surface area contributed by atoms with Crippen molar-refractivity contribution in [1.82, 2.24) is 25.3 Å². The molecule has 2 aromatic heterocycles. The van der Waals surface area contributed by atoms with E-state index in [1.807, 2.05) is 0 Å². The second-order valence-corrected chi connectivity index (χ2v) is 7.77. The second-order valence-electron chi connectivity index (χ2n) is 7.77. The fourth-order valence-electron chi connectivity index (χ4n) is 4.39. The van der Waals surface area contributed by atoms with Gasteiger partial charge in [0, 0.05) is 12.0 Å². The molecule has 3 atom stereocenters. The largest absolute Gasteiger partial charge is 0.348 e. The Bertz CT molecular complexity index is 822. The molecule has 0 aromatic carbocycles. The summed E-state index contributed by atoms with van der Waals surface area (Å²) in [5.74, 6) is 2.20. The molecule has 2 aromatic rings. The standard InChI is InChI=1S/C19H22N6O/c26-19(25-15-6-11-1-2-13(15)5-11)17-18(23-14-7-20-10-21-8-14)22-9-16(24-17)12-3-4-12/h7-13,15H,1-6H2,(H,22,23)(H,25,26)/t11-,13+,15+/m0/s1. The molecule has 3 aliphatic carbocycles. The van der Waals surface area contributed by atoms with Gasteiger partial charge in [-0.05, 0) is 43.9 Å². The van der Waals surface area contributed by atoms with E-state index in [4.69, 9.17) is 0 Å². The van der Waals surface area contributed by atoms with Crippen LogP contribution in [-0.2, 0) is 0 Å². The summed E-state index contributed by atoms with van der Waals surface area (Å²) in [6.07, 6.45) is 13.7. The number of carbonyl (C=O) groups excluding carboxylic acids is 1. The maximum Gasteiger partial charge on any atom is 0.273 e. The molecule has 3 fully saturated rings. The lowest BCUT2D eigenvalue weighted by Crippen LogP contribution is -2.39. The number of rotatable bonds is 5. The number of carbonyl (C=O) groups is 1. The topological polar surface area (TPSA) is 92.7 Å². The Hall–Kier alpha value is -2.57. The normalized spacial score (nSPS) is 26.7. The van der Waals surface area contributed by atoms with E-state index in [-0.39, 0.29) is 11.9 Å². The summed E-state index contributed by atoms with van der Waals surface area (Å²) in [6.45, 7) is 0. The lowest BCUT2D eigenvalue weighted by molar-refractivity contribution is 0.0918. The van der Waals surface area contributed by atoms with Crippen molar-refractivity contribution in [1.29, 1.82) is 0 Å². The predicted molar refractivity (Wildman–Crippen MR) is 96.0 cm³/mol. The molecule has 0 saturated heterocycles. The van der Waals surface area contributed by atoms with Gasteiger partial charge in [-0.1, -0.05) is 6.42 Å². The van der Waals surface area contributed by atoms with Crippen LogP contribution in [-0.4, -0.2) is 31.9 Å². The highest BCUT2D eigenvalue weighted by Crippen LogP contribution is 2.44. The molecule has 0 radical (unpaired) electrons. The van der Waals surface area contributed by atoms with Crippen LogP contribution in [0.4, 0.5) is 11.5 Å². The van der Waals surface area contributed by atoms with Gasteiger partial charge in [0.2, 0.25) is 0 Å². The van der Waals surface area contributed by atoms with Crippen LogP contribution >= 0.6 is 0 Å². The van der Waals surface area contributed by atoms with Gasteiger partial charge >= 0.3 is 0 Å². The Morgan fingerprint density at radius 2 is 1.88 bits per heavy atom. The second kappa shape index (κ2) is 6.30. The number of hydrogen-bond donors (Lipinski definition) is 2. The minimum Gasteiger partial charge on any atom is -0.348 e. The summed E-state index contributed by atoms with van der Waals surface area (Å²) >= 11 is 0. The molecule has 7 heteroatoms. The summed E-state index contributed by atoms with van der Waals surface area (Å²) in [6, 6.07) is 0.278. The lowest BCUT2D eigenvalue weighted by atomic mass is 9.95. The molecule has 3 aliphatic rings. The van der Waals surface area contributed by atoms with E-state index in [1.54, 1.807) is 18.6 Å². The number of amides is 1. The maximum atomic E-state index is 13.0. The average molecular weight is 350 g/mol. The molecule has 0 unspecified atom stereocenters. The Morgan fingerprint density at radius 3 is 2.58 bits per heavy atom. The van der Waals surface area contributed by atoms with Crippen LogP contribution in [0.3, 0.4) is 0 Å². The highest BCUT2D eigenvalue weighted by Gasteiger charge is 2.40. The minimum atomic E-state index is -0.128. The quantitative estimate of drug-likeness (QED) is 0.861. The third kappa shape index (κ3) is 3.02. The van der Waals surface area contributed by atoms with Crippen LogP contribution in [0.15, 0.2) is 24.9 Å². The first-order valence-corrected chi connectivity index (χ1v) is 9.46. The van der Waals surface area contributed by atoms with Crippen LogP contribution < -0.4 is 10.6 Å². The SMILES string of the molecule is O=C(N[C@@H]1C[C@H]2CC[C@@H]1C2)c1nc(C2CC2)cnc1Nc1cncnc1. The molecule has 7 nitrogen and oxygen atoms in total. The van der Waals surface area contributed by atoms with Gasteiger partial charge in [0.25, 0.3) is 5.91 Å². The van der Waals surface area contributed by atoms with Crippen molar-refractivity contribution in [3.05, 3.63) is 36.3 Å². The first kappa shape index (κ1) is 15.7. The average Bonchev–Trinajstić information content (AvgIpc) is 3.31. The molecule has 2 N–H and O–H groups in total. The number of nitrogens with zero attached hydrogens (tertiary/aromatic N) is 4. The van der Waals surface area contributed by atoms with Crippen molar-refractivity contribution in [2.24, 2.45) is 11.8 Å². The Morgan fingerprint density at radius 1 is 1.04 bits per heavy atom. The Kier molecular flexibility index (Phi) is 3.80. The lowest BCUT2D eigenvalue weighted by Gasteiger charge is -2.23. The molecule has 1 amide bonds. The van der Waals surface area contributed by atoms with Gasteiger partial charge in [0.05, 0.1) is 30.0 Å². The maximum absolute atomic E-state index is 13.0. The molecule has 26 heavy (non-hydrogen) atoms. The third-order valence-corrected chi connectivity index (χ3v) is 5.88. The van der Waals surface area contributed by atoms with Crippen molar-refractivity contribution >= 4 is 17.4 Å². The number of anilines is 2. The van der Waals surface area contributed by atoms with Gasteiger partial charge in [-0.15, -0.1) is 0 Å². The third-order valence-electron chi connectivity index (χ3n) is 5.88. The summed E-state index contributed by atoms with van der Waals surface area (Å²) < 4.78 is 0. The van der Waals surface area contributed by atoms with Crippen molar-refractivity contribution < 1.29 is 4.79 Å². The van der Waals surface area contributed by atoms with E-state index < -0.39 is 0 Å². The molecule has 2 heterocycles. The van der Waals surface area contributed by atoms with Gasteiger partial charge in [-0.25, -0.2) is 19.9 Å². The zero-order valence-corrected chi connectivity index (χ0v) is 14.6. The monoisotopic (exact) mass is 350 g/mol. The Labute approximate surface area is 152 Å². The molecule has 0 spiro atoms. The summed E-state index contributed by atoms with van der Waals surface area (Å²) in [7, 11) is 0. The Balaban J connectivity index is 1.40. The van der Waals surface area contributed by atoms with E-state index in [1.165, 1.54) is 25.6 Å². The van der Waals surface area contributed by atoms with E-state index in [2.05, 4.69) is 30.6 Å². The molecule has 2 bridgehead atoms. The molecule has 5 rings (SSSR count). The predicted octanol–water partition coefficient (Wildman–Crippen LogP) is 2.81. The van der Waals surface area contributed by atoms with Gasteiger partial charge < -0.3 is 10.6 Å². The molecule has 0 aliphatic heterocycles. The van der Waals surface area contributed by atoms with Crippen molar-refractivity contribution in [2.45, 2.75) is 50.5 Å². The van der Waals surface area contributed by atoms with Crippen LogP contribution in [0.2, 0.25) is 0 Å². The van der Waals surface area contributed by atoms with Crippen LogP contribution in [0, 0.1) is 11.8 Å². The molecular weight excluding hydrogens is 328 g/mol. The molecule has 134 valence electrons. The number of aromatic nitrogens is 4. The smallest absolute Gasteiger partial charge is 0.273 e. The van der Waals surface area contributed by atoms with Crippen molar-refractivity contribution in [3.8, 4) is 0 Å². The zero-order chi connectivity index (χ0) is 17.5. The van der Waals surface area contributed by atoms with Gasteiger partial charge in [0.15, 0.2) is 11.5 Å². The number of fused-ring (bicyclic) bond motifs is 2. The van der Waals surface area contributed by atoms with E-state index in [0.29, 0.717) is 29.0 Å². The van der Waals surface area contributed by atoms with Gasteiger partial charge in [-0.2, -0.15) is 0 Å². The molecular formula is C19H22N6O. The highest BCUT2D eigenvalue weighted by atomic mass is 16.2. The van der Waals surface area contributed by atoms with Gasteiger partial charge in [0.1, 0.15) is 6.33 Å². The van der Waals surface area contributed by atoms with Gasteiger partial charge in [-0.3, -0.25) is 4.79 Å². The highest BCUT2D eigenvalue weighted by molar-refractivity contribution is 5.97. The van der Waals surface area contributed by atoms with Crippen LogP contribution in [0.25, 0.3) is 0 Å². The first-order valence-electron chi connectivity index (χ1n) is 9.46. The van der Waals surface area contributed by atoms with E-state index in [0.717, 1.165) is 30.9 Å². The van der Waals surface area contributed by atoms with Crippen molar-refractivity contribution in [3.63, 3.8) is 0 Å². The number of nitrogens with one attached hydrogen (secondary N) is 2. The molecule has 3 saturated carbocycles. The fraction of sp³-hybridized carbons (Fsp3) is 0.526. The van der Waals surface area contributed by atoms with Crippen LogP contribution in [0.1, 0.15) is 60.6 Å². The fourth-order valence-corrected chi connectivity index (χ4v) is 4.39. The zero-order valence-electron chi connectivity index (χ0n) is 14.6. The van der Waals surface area contributed by atoms with Crippen LogP contribution in [0.5, 0.6) is 0 Å². The first-order chi connectivity index (χ1) is 12.8. The minimum absolute atomic E-state index is 0.128.